The lowest BCUT2D eigenvalue weighted by Gasteiger charge is -2.19. The average molecular weight is 360 g/mol. The highest BCUT2D eigenvalue weighted by Gasteiger charge is 2.15. The number of hydrogen-bond donors (Lipinski definition) is 1. The Morgan fingerprint density at radius 1 is 1.35 bits per heavy atom. The van der Waals surface area contributed by atoms with Crippen LogP contribution in [0.25, 0.3) is 0 Å². The molecule has 20 heavy (non-hydrogen) atoms. The standard InChI is InChI=1S/C14H18BrNO3S/c1-2-3-16-14(17)9-20-8-10-6-12-13(7-11(10)15)19-5-4-18-12/h6-7H,2-5,8-9H2,1H3,(H,16,17). The van der Waals surface area contributed by atoms with Gasteiger partial charge < -0.3 is 14.8 Å². The number of nitrogens with one attached hydrogen (secondary N) is 1. The number of thioether (sulfide) groups is 1. The fraction of sp³-hybridized carbons (Fsp3) is 0.500. The van der Waals surface area contributed by atoms with E-state index >= 15 is 0 Å². The minimum atomic E-state index is 0.0884. The third-order valence-electron chi connectivity index (χ3n) is 2.77. The quantitative estimate of drug-likeness (QED) is 0.847. The molecule has 2 rings (SSSR count). The van der Waals surface area contributed by atoms with Gasteiger partial charge in [-0.05, 0) is 24.1 Å². The van der Waals surface area contributed by atoms with E-state index in [0.717, 1.165) is 40.3 Å². The van der Waals surface area contributed by atoms with E-state index in [1.807, 2.05) is 19.1 Å². The topological polar surface area (TPSA) is 47.6 Å². The largest absolute Gasteiger partial charge is 0.486 e. The van der Waals surface area contributed by atoms with E-state index in [2.05, 4.69) is 21.2 Å². The summed E-state index contributed by atoms with van der Waals surface area (Å²) >= 11 is 5.13. The van der Waals surface area contributed by atoms with Gasteiger partial charge in [-0.2, -0.15) is 0 Å². The summed E-state index contributed by atoms with van der Waals surface area (Å²) in [4.78, 5) is 11.5. The first-order chi connectivity index (χ1) is 9.70. The van der Waals surface area contributed by atoms with Crippen molar-refractivity contribution in [1.82, 2.24) is 5.32 Å². The Hall–Kier alpha value is -0.880. The van der Waals surface area contributed by atoms with Crippen LogP contribution >= 0.6 is 27.7 Å². The minimum Gasteiger partial charge on any atom is -0.486 e. The molecule has 0 unspecified atom stereocenters. The number of carbonyl (C=O) groups excluding carboxylic acids is 1. The second-order valence-electron chi connectivity index (χ2n) is 4.43. The molecule has 1 aromatic carbocycles. The van der Waals surface area contributed by atoms with Gasteiger partial charge in [-0.3, -0.25) is 4.79 Å². The van der Waals surface area contributed by atoms with E-state index < -0.39 is 0 Å². The first-order valence-corrected chi connectivity index (χ1v) is 8.58. The number of carbonyl (C=O) groups is 1. The van der Waals surface area contributed by atoms with Crippen molar-refractivity contribution >= 4 is 33.6 Å². The highest BCUT2D eigenvalue weighted by atomic mass is 79.9. The van der Waals surface area contributed by atoms with Crippen LogP contribution in [0.4, 0.5) is 0 Å². The molecule has 0 bridgehead atoms. The molecule has 1 aliphatic rings. The molecule has 110 valence electrons. The van der Waals surface area contributed by atoms with Crippen LogP contribution in [-0.2, 0) is 10.5 Å². The first kappa shape index (κ1) is 15.5. The predicted octanol–water partition coefficient (Wildman–Crippen LogP) is 2.98. The molecule has 0 fully saturated rings. The fourth-order valence-corrected chi connectivity index (χ4v) is 3.28. The van der Waals surface area contributed by atoms with Gasteiger partial charge in [-0.15, -0.1) is 11.8 Å². The second-order valence-corrected chi connectivity index (χ2v) is 6.27. The highest BCUT2D eigenvalue weighted by Crippen LogP contribution is 2.36. The fourth-order valence-electron chi connectivity index (χ4n) is 1.79. The summed E-state index contributed by atoms with van der Waals surface area (Å²) in [6.07, 6.45) is 0.962. The third-order valence-corrected chi connectivity index (χ3v) is 4.49. The molecule has 0 atom stereocenters. The van der Waals surface area contributed by atoms with E-state index in [0.29, 0.717) is 19.0 Å². The normalized spacial score (nSPS) is 13.1. The number of rotatable bonds is 6. The van der Waals surface area contributed by atoms with Crippen LogP contribution in [0.5, 0.6) is 11.5 Å². The lowest BCUT2D eigenvalue weighted by molar-refractivity contribution is -0.118. The summed E-state index contributed by atoms with van der Waals surface area (Å²) < 4.78 is 12.1. The molecule has 4 nitrogen and oxygen atoms in total. The van der Waals surface area contributed by atoms with Crippen molar-refractivity contribution in [3.63, 3.8) is 0 Å². The average Bonchev–Trinajstić information content (AvgIpc) is 2.45. The molecule has 1 N–H and O–H groups in total. The van der Waals surface area contributed by atoms with Gasteiger partial charge in [-0.25, -0.2) is 0 Å². The van der Waals surface area contributed by atoms with Crippen molar-refractivity contribution in [3.8, 4) is 11.5 Å². The first-order valence-electron chi connectivity index (χ1n) is 6.63. The SMILES string of the molecule is CCCNC(=O)CSCc1cc2c(cc1Br)OCCO2. The maximum Gasteiger partial charge on any atom is 0.230 e. The Morgan fingerprint density at radius 3 is 2.75 bits per heavy atom. The summed E-state index contributed by atoms with van der Waals surface area (Å²) in [7, 11) is 0. The van der Waals surface area contributed by atoms with Gasteiger partial charge in [0.25, 0.3) is 0 Å². The Bertz CT molecular complexity index is 482. The lowest BCUT2D eigenvalue weighted by Crippen LogP contribution is -2.25. The molecule has 1 amide bonds. The van der Waals surface area contributed by atoms with Gasteiger partial charge in [0.05, 0.1) is 5.75 Å². The molecule has 0 aromatic heterocycles. The molecule has 0 saturated heterocycles. The number of hydrogen-bond acceptors (Lipinski definition) is 4. The van der Waals surface area contributed by atoms with Gasteiger partial charge in [-0.1, -0.05) is 22.9 Å². The Labute approximate surface area is 131 Å². The predicted molar refractivity (Wildman–Crippen MR) is 84.6 cm³/mol. The molecule has 0 spiro atoms. The van der Waals surface area contributed by atoms with Crippen molar-refractivity contribution in [2.24, 2.45) is 0 Å². The summed E-state index contributed by atoms with van der Waals surface area (Å²) in [6, 6.07) is 3.91. The summed E-state index contributed by atoms with van der Waals surface area (Å²) in [5.74, 6) is 2.88. The summed E-state index contributed by atoms with van der Waals surface area (Å²) in [5, 5.41) is 2.87. The maximum absolute atomic E-state index is 11.5. The maximum atomic E-state index is 11.5. The molecule has 1 aromatic rings. The van der Waals surface area contributed by atoms with E-state index in [4.69, 9.17) is 9.47 Å². The van der Waals surface area contributed by atoms with Gasteiger partial charge in [0, 0.05) is 16.8 Å². The number of ether oxygens (including phenoxy) is 2. The molecule has 0 saturated carbocycles. The number of benzene rings is 1. The Balaban J connectivity index is 1.88. The van der Waals surface area contributed by atoms with Gasteiger partial charge >= 0.3 is 0 Å². The molecule has 0 aliphatic carbocycles. The molecular weight excluding hydrogens is 342 g/mol. The highest BCUT2D eigenvalue weighted by molar-refractivity contribution is 9.10. The van der Waals surface area contributed by atoms with E-state index in [1.54, 1.807) is 11.8 Å². The summed E-state index contributed by atoms with van der Waals surface area (Å²) in [6.45, 7) is 3.96. The molecular formula is C14H18BrNO3S. The molecule has 1 aliphatic heterocycles. The van der Waals surface area contributed by atoms with E-state index in [1.165, 1.54) is 0 Å². The van der Waals surface area contributed by atoms with E-state index in [-0.39, 0.29) is 5.91 Å². The minimum absolute atomic E-state index is 0.0884. The molecule has 1 heterocycles. The smallest absolute Gasteiger partial charge is 0.230 e. The zero-order valence-electron chi connectivity index (χ0n) is 11.4. The van der Waals surface area contributed by atoms with Crippen molar-refractivity contribution in [3.05, 3.63) is 22.2 Å². The van der Waals surface area contributed by atoms with Crippen LogP contribution in [0.1, 0.15) is 18.9 Å². The van der Waals surface area contributed by atoms with Crippen LogP contribution in [-0.4, -0.2) is 31.4 Å². The van der Waals surface area contributed by atoms with Crippen LogP contribution in [0, 0.1) is 0 Å². The van der Waals surface area contributed by atoms with Crippen LogP contribution in [0.15, 0.2) is 16.6 Å². The second kappa shape index (κ2) is 7.78. The molecule has 0 radical (unpaired) electrons. The van der Waals surface area contributed by atoms with Crippen LogP contribution in [0.2, 0.25) is 0 Å². The van der Waals surface area contributed by atoms with Crippen molar-refractivity contribution in [2.75, 3.05) is 25.5 Å². The molecule has 6 heteroatoms. The van der Waals surface area contributed by atoms with Crippen molar-refractivity contribution < 1.29 is 14.3 Å². The van der Waals surface area contributed by atoms with Crippen LogP contribution in [0.3, 0.4) is 0 Å². The monoisotopic (exact) mass is 359 g/mol. The number of amides is 1. The van der Waals surface area contributed by atoms with Gasteiger partial charge in [0.2, 0.25) is 5.91 Å². The summed E-state index contributed by atoms with van der Waals surface area (Å²) in [5.41, 5.74) is 1.11. The third kappa shape index (κ3) is 4.31. The zero-order chi connectivity index (χ0) is 14.4. The zero-order valence-corrected chi connectivity index (χ0v) is 13.8. The van der Waals surface area contributed by atoms with Crippen LogP contribution < -0.4 is 14.8 Å². The van der Waals surface area contributed by atoms with Gasteiger partial charge in [0.15, 0.2) is 11.5 Å². The van der Waals surface area contributed by atoms with Crippen molar-refractivity contribution in [2.45, 2.75) is 19.1 Å². The number of fused-ring (bicyclic) bond motifs is 1. The van der Waals surface area contributed by atoms with Crippen molar-refractivity contribution in [1.29, 1.82) is 0 Å². The van der Waals surface area contributed by atoms with Gasteiger partial charge in [0.1, 0.15) is 13.2 Å². The number of halogens is 1. The lowest BCUT2D eigenvalue weighted by atomic mass is 10.2. The Morgan fingerprint density at radius 2 is 2.05 bits per heavy atom. The Kier molecular flexibility index (Phi) is 6.04. The van der Waals surface area contributed by atoms with E-state index in [9.17, 15) is 4.79 Å².